The first-order chi connectivity index (χ1) is 14.8. The highest BCUT2D eigenvalue weighted by molar-refractivity contribution is 7.89. The van der Waals surface area contributed by atoms with Crippen LogP contribution in [0.5, 0.6) is 5.75 Å². The van der Waals surface area contributed by atoms with Crippen LogP contribution in [0.15, 0.2) is 47.4 Å². The van der Waals surface area contributed by atoms with Crippen LogP contribution < -0.4 is 9.64 Å². The number of nitrogens with zero attached hydrogens (tertiary/aromatic N) is 2. The molecule has 0 spiro atoms. The summed E-state index contributed by atoms with van der Waals surface area (Å²) in [5.41, 5.74) is 0.841. The molecule has 0 bridgehead atoms. The fourth-order valence-corrected chi connectivity index (χ4v) is 4.31. The molecule has 0 N–H and O–H groups in total. The summed E-state index contributed by atoms with van der Waals surface area (Å²) >= 11 is 0. The molecule has 1 aliphatic rings. The fraction of sp³-hybridized carbons (Fsp3) is 0.409. The standard InChI is InChI=1S/C22H27FN2O5S/c1-24(2)31(27,28)17-10-11-20(25-12-6-3-7-13-25)18(16-17)22(26)30-15-14-29-21-9-5-4-8-19(21)23/h4-5,8-11,16H,3,6-7,12-15H2,1-2H3. The minimum atomic E-state index is -3.71. The second-order valence-corrected chi connectivity index (χ2v) is 9.58. The number of benzene rings is 2. The van der Waals surface area contributed by atoms with Gasteiger partial charge in [0.05, 0.1) is 16.1 Å². The molecule has 1 aliphatic heterocycles. The van der Waals surface area contributed by atoms with Crippen molar-refractivity contribution >= 4 is 21.7 Å². The smallest absolute Gasteiger partial charge is 0.340 e. The lowest BCUT2D eigenvalue weighted by Crippen LogP contribution is -2.31. The Kier molecular flexibility index (Phi) is 7.50. The Labute approximate surface area is 182 Å². The summed E-state index contributed by atoms with van der Waals surface area (Å²) in [6, 6.07) is 10.5. The third-order valence-corrected chi connectivity index (χ3v) is 6.89. The maximum Gasteiger partial charge on any atom is 0.340 e. The number of esters is 1. The molecule has 0 radical (unpaired) electrons. The molecule has 0 saturated carbocycles. The van der Waals surface area contributed by atoms with Crippen molar-refractivity contribution in [2.45, 2.75) is 24.2 Å². The number of anilines is 1. The van der Waals surface area contributed by atoms with E-state index in [1.807, 2.05) is 0 Å². The molecule has 0 atom stereocenters. The van der Waals surface area contributed by atoms with E-state index in [0.29, 0.717) is 5.69 Å². The first kappa shape index (κ1) is 23.0. The zero-order valence-corrected chi connectivity index (χ0v) is 18.5. The van der Waals surface area contributed by atoms with Crippen LogP contribution in [0.4, 0.5) is 10.1 Å². The van der Waals surface area contributed by atoms with E-state index in [0.717, 1.165) is 36.7 Å². The van der Waals surface area contributed by atoms with Gasteiger partial charge in [-0.15, -0.1) is 0 Å². The number of piperidine rings is 1. The van der Waals surface area contributed by atoms with Gasteiger partial charge in [0.2, 0.25) is 10.0 Å². The monoisotopic (exact) mass is 450 g/mol. The highest BCUT2D eigenvalue weighted by atomic mass is 32.2. The Balaban J connectivity index is 1.77. The van der Waals surface area contributed by atoms with Crippen LogP contribution in [-0.2, 0) is 14.8 Å². The highest BCUT2D eigenvalue weighted by Crippen LogP contribution is 2.28. The normalized spacial score (nSPS) is 14.5. The second kappa shape index (κ2) is 10.1. The zero-order chi connectivity index (χ0) is 22.4. The zero-order valence-electron chi connectivity index (χ0n) is 17.7. The molecule has 1 fully saturated rings. The molecule has 2 aromatic carbocycles. The van der Waals surface area contributed by atoms with E-state index in [1.165, 1.54) is 38.4 Å². The molecule has 0 aliphatic carbocycles. The van der Waals surface area contributed by atoms with E-state index >= 15 is 0 Å². The maximum atomic E-state index is 13.6. The predicted octanol–water partition coefficient (Wildman–Crippen LogP) is 3.30. The summed E-state index contributed by atoms with van der Waals surface area (Å²) in [4.78, 5) is 14.9. The van der Waals surface area contributed by atoms with Crippen LogP contribution in [0.25, 0.3) is 0 Å². The minimum absolute atomic E-state index is 0.0211. The molecule has 0 aromatic heterocycles. The van der Waals surface area contributed by atoms with Crippen molar-refractivity contribution in [1.82, 2.24) is 4.31 Å². The number of hydrogen-bond donors (Lipinski definition) is 0. The Morgan fingerprint density at radius 3 is 2.45 bits per heavy atom. The van der Waals surface area contributed by atoms with Crippen LogP contribution in [0.2, 0.25) is 0 Å². The number of ether oxygens (including phenoxy) is 2. The number of rotatable bonds is 8. The van der Waals surface area contributed by atoms with Crippen molar-refractivity contribution in [2.24, 2.45) is 0 Å². The van der Waals surface area contributed by atoms with Crippen molar-refractivity contribution in [3.8, 4) is 5.75 Å². The quantitative estimate of drug-likeness (QED) is 0.454. The lowest BCUT2D eigenvalue weighted by atomic mass is 10.1. The number of para-hydroxylation sites is 1. The van der Waals surface area contributed by atoms with Gasteiger partial charge in [-0.2, -0.15) is 0 Å². The number of carbonyl (C=O) groups is 1. The van der Waals surface area contributed by atoms with Gasteiger partial charge >= 0.3 is 5.97 Å². The van der Waals surface area contributed by atoms with Crippen LogP contribution >= 0.6 is 0 Å². The largest absolute Gasteiger partial charge is 0.487 e. The Morgan fingerprint density at radius 1 is 1.06 bits per heavy atom. The van der Waals surface area contributed by atoms with Gasteiger partial charge in [0, 0.05) is 27.2 Å². The summed E-state index contributed by atoms with van der Waals surface area (Å²) in [6.45, 7) is 1.45. The topological polar surface area (TPSA) is 76.2 Å². The molecule has 9 heteroatoms. The highest BCUT2D eigenvalue weighted by Gasteiger charge is 2.25. The van der Waals surface area contributed by atoms with Gasteiger partial charge in [0.15, 0.2) is 11.6 Å². The van der Waals surface area contributed by atoms with Crippen LogP contribution in [-0.4, -0.2) is 59.1 Å². The summed E-state index contributed by atoms with van der Waals surface area (Å²) in [6.07, 6.45) is 3.13. The minimum Gasteiger partial charge on any atom is -0.487 e. The van der Waals surface area contributed by atoms with Gasteiger partial charge in [0.1, 0.15) is 13.2 Å². The third-order valence-electron chi connectivity index (χ3n) is 5.07. The number of sulfonamides is 1. The summed E-state index contributed by atoms with van der Waals surface area (Å²) < 4.78 is 50.5. The molecule has 0 unspecified atom stereocenters. The Hall–Kier alpha value is -2.65. The van der Waals surface area contributed by atoms with Crippen LogP contribution in [0.1, 0.15) is 29.6 Å². The molecule has 1 heterocycles. The van der Waals surface area contributed by atoms with E-state index in [9.17, 15) is 17.6 Å². The van der Waals surface area contributed by atoms with E-state index in [2.05, 4.69) is 4.90 Å². The summed E-state index contributed by atoms with van der Waals surface area (Å²) in [5, 5.41) is 0. The van der Waals surface area contributed by atoms with Crippen molar-refractivity contribution < 1.29 is 27.1 Å². The number of hydrogen-bond acceptors (Lipinski definition) is 6. The van der Waals surface area contributed by atoms with Crippen LogP contribution in [0, 0.1) is 5.82 Å². The average Bonchev–Trinajstić information content (AvgIpc) is 2.77. The summed E-state index contributed by atoms with van der Waals surface area (Å²) in [5.74, 6) is -1.07. The van der Waals surface area contributed by atoms with E-state index in [4.69, 9.17) is 9.47 Å². The number of halogens is 1. The van der Waals surface area contributed by atoms with Gasteiger partial charge < -0.3 is 14.4 Å². The van der Waals surface area contributed by atoms with Gasteiger partial charge in [0.25, 0.3) is 0 Å². The Morgan fingerprint density at radius 2 is 1.77 bits per heavy atom. The summed E-state index contributed by atoms with van der Waals surface area (Å²) in [7, 11) is -0.833. The Bertz CT molecular complexity index is 1020. The fourth-order valence-electron chi connectivity index (χ4n) is 3.39. The second-order valence-electron chi connectivity index (χ2n) is 7.43. The molecule has 7 nitrogen and oxygen atoms in total. The first-order valence-electron chi connectivity index (χ1n) is 10.2. The molecule has 168 valence electrons. The predicted molar refractivity (Wildman–Crippen MR) is 116 cm³/mol. The molecule has 2 aromatic rings. The van der Waals surface area contributed by atoms with Crippen LogP contribution in [0.3, 0.4) is 0 Å². The molecule has 31 heavy (non-hydrogen) atoms. The van der Waals surface area contributed by atoms with Gasteiger partial charge in [-0.25, -0.2) is 21.9 Å². The van der Waals surface area contributed by atoms with Crippen molar-refractivity contribution in [2.75, 3.05) is 45.3 Å². The molecule has 0 amide bonds. The average molecular weight is 451 g/mol. The van der Waals surface area contributed by atoms with E-state index in [-0.39, 0.29) is 29.4 Å². The lowest BCUT2D eigenvalue weighted by molar-refractivity contribution is 0.0449. The molecule has 1 saturated heterocycles. The number of carbonyl (C=O) groups excluding carboxylic acids is 1. The van der Waals surface area contributed by atoms with Crippen molar-refractivity contribution in [3.05, 3.63) is 53.8 Å². The van der Waals surface area contributed by atoms with Crippen molar-refractivity contribution in [3.63, 3.8) is 0 Å². The molecular weight excluding hydrogens is 423 g/mol. The van der Waals surface area contributed by atoms with Crippen molar-refractivity contribution in [1.29, 1.82) is 0 Å². The van der Waals surface area contributed by atoms with Gasteiger partial charge in [-0.05, 0) is 49.6 Å². The lowest BCUT2D eigenvalue weighted by Gasteiger charge is -2.30. The molecule has 3 rings (SSSR count). The van der Waals surface area contributed by atoms with Gasteiger partial charge in [-0.1, -0.05) is 12.1 Å². The molecular formula is C22H27FN2O5S. The third kappa shape index (κ3) is 5.54. The van der Waals surface area contributed by atoms with Gasteiger partial charge in [-0.3, -0.25) is 0 Å². The van der Waals surface area contributed by atoms with E-state index < -0.39 is 21.8 Å². The SMILES string of the molecule is CN(C)S(=O)(=O)c1ccc(N2CCCCC2)c(C(=O)OCCOc2ccccc2F)c1. The van der Waals surface area contributed by atoms with E-state index in [1.54, 1.807) is 18.2 Å². The first-order valence-corrected chi connectivity index (χ1v) is 11.6. The maximum absolute atomic E-state index is 13.6.